The van der Waals surface area contributed by atoms with Crippen molar-refractivity contribution in [1.82, 2.24) is 5.32 Å². The molecule has 3 unspecified atom stereocenters. The largest absolute Gasteiger partial charge is 0.368 e. The van der Waals surface area contributed by atoms with Gasteiger partial charge in [0.2, 0.25) is 5.91 Å². The molecule has 0 radical (unpaired) electrons. The van der Waals surface area contributed by atoms with Gasteiger partial charge in [-0.1, -0.05) is 13.8 Å². The summed E-state index contributed by atoms with van der Waals surface area (Å²) in [5, 5.41) is 3.01. The summed E-state index contributed by atoms with van der Waals surface area (Å²) in [7, 11) is 0. The van der Waals surface area contributed by atoms with Gasteiger partial charge in [0, 0.05) is 12.1 Å². The number of carbonyl (C=O) groups excluding carboxylic acids is 1. The number of hydrogen-bond acceptors (Lipinski definition) is 2. The molecule has 0 heterocycles. The van der Waals surface area contributed by atoms with Gasteiger partial charge in [0.05, 0.1) is 0 Å². The van der Waals surface area contributed by atoms with E-state index in [1.165, 1.54) is 6.42 Å². The van der Waals surface area contributed by atoms with E-state index in [2.05, 4.69) is 19.2 Å². The van der Waals surface area contributed by atoms with Crippen LogP contribution in [-0.2, 0) is 9.53 Å². The van der Waals surface area contributed by atoms with Gasteiger partial charge >= 0.3 is 0 Å². The van der Waals surface area contributed by atoms with Gasteiger partial charge in [0.25, 0.3) is 0 Å². The van der Waals surface area contributed by atoms with Crippen LogP contribution in [0, 0.1) is 11.8 Å². The molecule has 1 saturated carbocycles. The van der Waals surface area contributed by atoms with E-state index in [4.69, 9.17) is 4.74 Å². The first-order valence-electron chi connectivity index (χ1n) is 6.77. The highest BCUT2D eigenvalue weighted by atomic mass is 16.5. The highest BCUT2D eigenvalue weighted by molar-refractivity contribution is 5.81. The number of amides is 1. The SMILES string of the molecule is CCCOC(CC1CC1C)C(=O)NC(C)(C)C. The lowest BCUT2D eigenvalue weighted by molar-refractivity contribution is -0.135. The third-order valence-electron chi connectivity index (χ3n) is 3.11. The fraction of sp³-hybridized carbons (Fsp3) is 0.929. The summed E-state index contributed by atoms with van der Waals surface area (Å²) in [6, 6.07) is 0. The summed E-state index contributed by atoms with van der Waals surface area (Å²) in [4.78, 5) is 12.1. The predicted molar refractivity (Wildman–Crippen MR) is 69.8 cm³/mol. The second-order valence-corrected chi connectivity index (χ2v) is 6.31. The minimum absolute atomic E-state index is 0.0463. The van der Waals surface area contributed by atoms with Crippen molar-refractivity contribution in [2.45, 2.75) is 65.5 Å². The lowest BCUT2D eigenvalue weighted by Gasteiger charge is -2.25. The zero-order chi connectivity index (χ0) is 13.1. The van der Waals surface area contributed by atoms with Crippen molar-refractivity contribution in [3.05, 3.63) is 0 Å². The van der Waals surface area contributed by atoms with Gasteiger partial charge in [0.1, 0.15) is 6.10 Å². The first-order chi connectivity index (χ1) is 7.83. The highest BCUT2D eigenvalue weighted by Crippen LogP contribution is 2.41. The molecule has 0 aliphatic heterocycles. The monoisotopic (exact) mass is 241 g/mol. The summed E-state index contributed by atoms with van der Waals surface area (Å²) in [6.07, 6.45) is 2.82. The van der Waals surface area contributed by atoms with Gasteiger partial charge in [-0.15, -0.1) is 0 Å². The minimum Gasteiger partial charge on any atom is -0.368 e. The number of rotatable bonds is 6. The molecular weight excluding hydrogens is 214 g/mol. The summed E-state index contributed by atoms with van der Waals surface area (Å²) in [5.41, 5.74) is -0.180. The fourth-order valence-electron chi connectivity index (χ4n) is 1.96. The zero-order valence-electron chi connectivity index (χ0n) is 11.9. The number of nitrogens with one attached hydrogen (secondary N) is 1. The maximum atomic E-state index is 12.1. The summed E-state index contributed by atoms with van der Waals surface area (Å²) in [6.45, 7) is 11.0. The molecule has 1 amide bonds. The fourth-order valence-corrected chi connectivity index (χ4v) is 1.96. The summed E-state index contributed by atoms with van der Waals surface area (Å²) >= 11 is 0. The molecule has 0 aromatic rings. The molecular formula is C14H27NO2. The second-order valence-electron chi connectivity index (χ2n) is 6.31. The minimum atomic E-state index is -0.260. The van der Waals surface area contributed by atoms with Crippen LogP contribution < -0.4 is 5.32 Å². The Bertz CT molecular complexity index is 257. The third kappa shape index (κ3) is 5.53. The molecule has 0 aromatic heterocycles. The van der Waals surface area contributed by atoms with Crippen molar-refractivity contribution >= 4 is 5.91 Å². The van der Waals surface area contributed by atoms with E-state index in [-0.39, 0.29) is 17.6 Å². The third-order valence-corrected chi connectivity index (χ3v) is 3.11. The van der Waals surface area contributed by atoms with E-state index < -0.39 is 0 Å². The topological polar surface area (TPSA) is 38.3 Å². The Kier molecular flexibility index (Phi) is 4.99. The van der Waals surface area contributed by atoms with Crippen molar-refractivity contribution in [3.63, 3.8) is 0 Å². The Balaban J connectivity index is 2.46. The Morgan fingerprint density at radius 2 is 2.06 bits per heavy atom. The standard InChI is InChI=1S/C14H27NO2/c1-6-7-17-12(9-11-8-10(11)2)13(16)15-14(3,4)5/h10-12H,6-9H2,1-5H3,(H,15,16). The van der Waals surface area contributed by atoms with E-state index in [1.807, 2.05) is 20.8 Å². The van der Waals surface area contributed by atoms with Gasteiger partial charge < -0.3 is 10.1 Å². The molecule has 17 heavy (non-hydrogen) atoms. The van der Waals surface area contributed by atoms with Crippen molar-refractivity contribution < 1.29 is 9.53 Å². The molecule has 0 aromatic carbocycles. The van der Waals surface area contributed by atoms with Crippen LogP contribution in [0.2, 0.25) is 0 Å². The second kappa shape index (κ2) is 5.85. The molecule has 1 fully saturated rings. The Morgan fingerprint density at radius 1 is 1.47 bits per heavy atom. The van der Waals surface area contributed by atoms with Gasteiger partial charge in [-0.2, -0.15) is 0 Å². The maximum absolute atomic E-state index is 12.1. The first-order valence-corrected chi connectivity index (χ1v) is 6.77. The Hall–Kier alpha value is -0.570. The van der Waals surface area contributed by atoms with Crippen LogP contribution in [0.25, 0.3) is 0 Å². The van der Waals surface area contributed by atoms with E-state index in [9.17, 15) is 4.79 Å². The molecule has 3 nitrogen and oxygen atoms in total. The quantitative estimate of drug-likeness (QED) is 0.776. The lowest BCUT2D eigenvalue weighted by atomic mass is 10.1. The van der Waals surface area contributed by atoms with Crippen LogP contribution in [0.15, 0.2) is 0 Å². The van der Waals surface area contributed by atoms with E-state index in [0.717, 1.165) is 18.8 Å². The predicted octanol–water partition coefficient (Wildman–Crippen LogP) is 2.74. The molecule has 0 bridgehead atoms. The number of hydrogen-bond donors (Lipinski definition) is 1. The van der Waals surface area contributed by atoms with Crippen molar-refractivity contribution in [1.29, 1.82) is 0 Å². The molecule has 0 spiro atoms. The molecule has 1 aliphatic rings. The van der Waals surface area contributed by atoms with Gasteiger partial charge in [0.15, 0.2) is 0 Å². The van der Waals surface area contributed by atoms with E-state index in [0.29, 0.717) is 12.5 Å². The maximum Gasteiger partial charge on any atom is 0.249 e. The van der Waals surface area contributed by atoms with Crippen LogP contribution in [0.4, 0.5) is 0 Å². The lowest BCUT2D eigenvalue weighted by Crippen LogP contribution is -2.47. The smallest absolute Gasteiger partial charge is 0.249 e. The molecule has 1 aliphatic carbocycles. The van der Waals surface area contributed by atoms with Crippen molar-refractivity contribution in [2.24, 2.45) is 11.8 Å². The average molecular weight is 241 g/mol. The van der Waals surface area contributed by atoms with Crippen LogP contribution >= 0.6 is 0 Å². The van der Waals surface area contributed by atoms with Crippen LogP contribution in [-0.4, -0.2) is 24.2 Å². The van der Waals surface area contributed by atoms with Crippen LogP contribution in [0.5, 0.6) is 0 Å². The molecule has 100 valence electrons. The number of ether oxygens (including phenoxy) is 1. The average Bonchev–Trinajstić information content (AvgIpc) is 2.86. The van der Waals surface area contributed by atoms with Gasteiger partial charge in [-0.05, 0) is 51.9 Å². The van der Waals surface area contributed by atoms with Crippen LogP contribution in [0.3, 0.4) is 0 Å². The Morgan fingerprint density at radius 3 is 2.47 bits per heavy atom. The zero-order valence-corrected chi connectivity index (χ0v) is 11.9. The van der Waals surface area contributed by atoms with Gasteiger partial charge in [-0.3, -0.25) is 4.79 Å². The number of carbonyl (C=O) groups is 1. The van der Waals surface area contributed by atoms with Crippen molar-refractivity contribution in [3.8, 4) is 0 Å². The molecule has 0 saturated heterocycles. The van der Waals surface area contributed by atoms with Crippen molar-refractivity contribution in [2.75, 3.05) is 6.61 Å². The highest BCUT2D eigenvalue weighted by Gasteiger charge is 2.37. The normalized spacial score (nSPS) is 25.5. The van der Waals surface area contributed by atoms with E-state index in [1.54, 1.807) is 0 Å². The first kappa shape index (κ1) is 14.5. The molecule has 3 heteroatoms. The van der Waals surface area contributed by atoms with Gasteiger partial charge in [-0.25, -0.2) is 0 Å². The van der Waals surface area contributed by atoms with E-state index >= 15 is 0 Å². The van der Waals surface area contributed by atoms with Crippen LogP contribution in [0.1, 0.15) is 53.9 Å². The Labute approximate surface area is 105 Å². The molecule has 1 N–H and O–H groups in total. The summed E-state index contributed by atoms with van der Waals surface area (Å²) in [5.74, 6) is 1.50. The molecule has 1 rings (SSSR count). The molecule has 3 atom stereocenters. The summed E-state index contributed by atoms with van der Waals surface area (Å²) < 4.78 is 5.69.